The Balaban J connectivity index is 0.763. The number of fused-ring (bicyclic) bond motifs is 8. The summed E-state index contributed by atoms with van der Waals surface area (Å²) < 4.78 is 13.0. The van der Waals surface area contributed by atoms with Gasteiger partial charge in [0.2, 0.25) is 0 Å². The summed E-state index contributed by atoms with van der Waals surface area (Å²) in [7, 11) is 0. The molecule has 0 aliphatic heterocycles. The zero-order chi connectivity index (χ0) is 49.9. The quantitative estimate of drug-likeness (QED) is 0.101. The highest BCUT2D eigenvalue weighted by atomic mass is 16.5. The van der Waals surface area contributed by atoms with Crippen LogP contribution in [-0.4, -0.2) is 35.2 Å². The van der Waals surface area contributed by atoms with E-state index in [9.17, 15) is 19.8 Å². The van der Waals surface area contributed by atoms with Gasteiger partial charge >= 0.3 is 0 Å². The summed E-state index contributed by atoms with van der Waals surface area (Å²) in [4.78, 5) is 27.5. The van der Waals surface area contributed by atoms with Crippen molar-refractivity contribution in [2.45, 2.75) is 38.8 Å². The van der Waals surface area contributed by atoms with Crippen LogP contribution < -0.4 is 20.1 Å². The Kier molecular flexibility index (Phi) is 11.2. The van der Waals surface area contributed by atoms with E-state index in [1.165, 1.54) is 43.1 Å². The van der Waals surface area contributed by atoms with Crippen molar-refractivity contribution in [3.05, 3.63) is 238 Å². The van der Waals surface area contributed by atoms with Crippen molar-refractivity contribution in [3.8, 4) is 23.0 Å². The maximum atomic E-state index is 13.7. The Hall–Kier alpha value is -9.14. The van der Waals surface area contributed by atoms with Gasteiger partial charge in [-0.25, -0.2) is 0 Å². The molecule has 12 aromatic rings. The van der Waals surface area contributed by atoms with Crippen LogP contribution in [0.4, 0.5) is 0 Å². The first kappa shape index (κ1) is 44.8. The summed E-state index contributed by atoms with van der Waals surface area (Å²) >= 11 is 0. The molecular formula is C66H50N2O6. The number of aromatic hydroxyl groups is 2. The Bertz CT molecular complexity index is 3790. The second-order valence-corrected chi connectivity index (χ2v) is 19.7. The van der Waals surface area contributed by atoms with Crippen LogP contribution in [0.3, 0.4) is 0 Å². The van der Waals surface area contributed by atoms with Crippen LogP contribution in [0.5, 0.6) is 23.0 Å². The predicted molar refractivity (Wildman–Crippen MR) is 295 cm³/mol. The average Bonchev–Trinajstić information content (AvgIpc) is 3.42. The lowest BCUT2D eigenvalue weighted by Crippen LogP contribution is -2.29. The van der Waals surface area contributed by atoms with Crippen LogP contribution >= 0.6 is 0 Å². The molecule has 0 radical (unpaired) electrons. The van der Waals surface area contributed by atoms with Crippen molar-refractivity contribution in [2.24, 2.45) is 0 Å². The van der Waals surface area contributed by atoms with E-state index >= 15 is 0 Å². The highest BCUT2D eigenvalue weighted by Crippen LogP contribution is 2.40. The number of phenolic OH excluding ortho intramolecular Hbond substituents is 2. The summed E-state index contributed by atoms with van der Waals surface area (Å²) in [6.45, 7) is 0.196. The fraction of sp³-hybridized carbons (Fsp3) is 0.121. The SMILES string of the molecule is O=C(COc1c2cccc1Cc1cccc(c1O)Cc1cccc(c1OCC(=O)NCc1ccc3ccc4cccc5ccc1c3c45)Cc1cccc(c1O)C2)NCc1ccc2ccc3cccc4ccc1c2c34. The minimum absolute atomic E-state index is 0.146. The number of carbonyl (C=O) groups is 2. The molecule has 74 heavy (non-hydrogen) atoms. The van der Waals surface area contributed by atoms with E-state index in [0.29, 0.717) is 72.5 Å². The molecule has 1 aliphatic carbocycles. The van der Waals surface area contributed by atoms with E-state index in [1.807, 2.05) is 72.8 Å². The van der Waals surface area contributed by atoms with Crippen molar-refractivity contribution in [1.29, 1.82) is 0 Å². The molecule has 12 aromatic carbocycles. The van der Waals surface area contributed by atoms with Crippen molar-refractivity contribution in [3.63, 3.8) is 0 Å². The normalized spacial score (nSPS) is 12.5. The van der Waals surface area contributed by atoms with Crippen molar-refractivity contribution in [2.75, 3.05) is 13.2 Å². The van der Waals surface area contributed by atoms with Gasteiger partial charge in [0.15, 0.2) is 13.2 Å². The van der Waals surface area contributed by atoms with Crippen LogP contribution in [0, 0.1) is 0 Å². The minimum Gasteiger partial charge on any atom is -0.507 e. The Morgan fingerprint density at radius 2 is 0.635 bits per heavy atom. The fourth-order valence-corrected chi connectivity index (χ4v) is 11.5. The molecule has 8 heteroatoms. The summed E-state index contributed by atoms with van der Waals surface area (Å²) in [5.41, 5.74) is 7.93. The van der Waals surface area contributed by atoms with Crippen molar-refractivity contribution in [1.82, 2.24) is 10.6 Å². The molecule has 0 saturated carbocycles. The van der Waals surface area contributed by atoms with Gasteiger partial charge in [-0.05, 0) is 120 Å². The lowest BCUT2D eigenvalue weighted by Gasteiger charge is -2.20. The maximum absolute atomic E-state index is 13.7. The van der Waals surface area contributed by atoms with Gasteiger partial charge in [-0.2, -0.15) is 0 Å². The van der Waals surface area contributed by atoms with Crippen molar-refractivity contribution >= 4 is 76.4 Å². The number of hydrogen-bond donors (Lipinski definition) is 4. The van der Waals surface area contributed by atoms with Crippen LogP contribution in [0.2, 0.25) is 0 Å². The molecule has 0 unspecified atom stereocenters. The standard InChI is InChI=1S/C66H50N2O6/c69-57(67-35-53-25-23-43-21-19-39-7-1-9-41-27-29-55(53)61(43)59(39)41)37-73-65-49-15-5-16-50(65)32-46-12-4-14-48(64(46)72)34-52-18-6-17-51(33-47-13-3-11-45(31-49)63(47)71)66(52)74-38-58(70)68-36-54-26-24-44-22-20-40-8-2-10-42-28-30-56(54)62(44)60(40)42/h1-30,71-72H,31-38H2,(H,67,69)(H,68,70). The molecule has 8 bridgehead atoms. The van der Waals surface area contributed by atoms with Gasteiger partial charge in [-0.3, -0.25) is 9.59 Å². The Labute approximate surface area is 427 Å². The number of carbonyl (C=O) groups excluding carboxylic acids is 2. The maximum Gasteiger partial charge on any atom is 0.258 e. The third kappa shape index (κ3) is 8.05. The third-order valence-electron chi connectivity index (χ3n) is 15.2. The number of para-hydroxylation sites is 4. The molecule has 0 atom stereocenters. The Morgan fingerprint density at radius 1 is 0.351 bits per heavy atom. The van der Waals surface area contributed by atoms with E-state index in [-0.39, 0.29) is 36.5 Å². The molecule has 0 heterocycles. The lowest BCUT2D eigenvalue weighted by atomic mass is 9.91. The summed E-state index contributed by atoms with van der Waals surface area (Å²) in [6, 6.07) is 61.5. The van der Waals surface area contributed by atoms with E-state index in [0.717, 1.165) is 54.9 Å². The highest BCUT2D eigenvalue weighted by Gasteiger charge is 2.22. The number of benzene rings is 12. The number of amides is 2. The number of nitrogens with one attached hydrogen (secondary N) is 2. The number of rotatable bonds is 10. The van der Waals surface area contributed by atoms with Gasteiger partial charge in [-0.1, -0.05) is 182 Å². The molecule has 0 spiro atoms. The molecule has 4 N–H and O–H groups in total. The number of ether oxygens (including phenoxy) is 2. The van der Waals surface area contributed by atoms with Crippen LogP contribution in [0.25, 0.3) is 64.6 Å². The van der Waals surface area contributed by atoms with Crippen molar-refractivity contribution < 1.29 is 29.3 Å². The molecule has 13 rings (SSSR count). The van der Waals surface area contributed by atoms with Crippen LogP contribution in [0.1, 0.15) is 55.6 Å². The molecule has 2 amide bonds. The van der Waals surface area contributed by atoms with Gasteiger partial charge in [0, 0.05) is 38.8 Å². The molecule has 0 aromatic heterocycles. The molecule has 8 nitrogen and oxygen atoms in total. The topological polar surface area (TPSA) is 117 Å². The third-order valence-corrected chi connectivity index (χ3v) is 15.2. The summed E-state index contributed by atoms with van der Waals surface area (Å²) in [5, 5.41) is 44.4. The van der Waals surface area contributed by atoms with Gasteiger partial charge in [0.05, 0.1) is 0 Å². The Morgan fingerprint density at radius 3 is 0.986 bits per heavy atom. The fourth-order valence-electron chi connectivity index (χ4n) is 11.5. The zero-order valence-electron chi connectivity index (χ0n) is 40.5. The van der Waals surface area contributed by atoms with Gasteiger partial charge in [0.25, 0.3) is 11.8 Å². The number of hydrogen-bond acceptors (Lipinski definition) is 6. The lowest BCUT2D eigenvalue weighted by molar-refractivity contribution is -0.124. The van der Waals surface area contributed by atoms with E-state index < -0.39 is 0 Å². The molecule has 1 aliphatic rings. The predicted octanol–water partition coefficient (Wildman–Crippen LogP) is 13.0. The zero-order valence-corrected chi connectivity index (χ0v) is 40.5. The molecule has 360 valence electrons. The molecule has 0 saturated heterocycles. The first-order valence-corrected chi connectivity index (χ1v) is 25.2. The summed E-state index contributed by atoms with van der Waals surface area (Å²) in [6.07, 6.45) is 1.26. The van der Waals surface area contributed by atoms with E-state index in [2.05, 4.69) is 120 Å². The van der Waals surface area contributed by atoms with Gasteiger partial charge in [-0.15, -0.1) is 0 Å². The molecular weight excluding hydrogens is 917 g/mol. The van der Waals surface area contributed by atoms with Crippen LogP contribution in [-0.2, 0) is 48.4 Å². The minimum atomic E-state index is -0.270. The summed E-state index contributed by atoms with van der Waals surface area (Å²) in [5.74, 6) is 0.817. The van der Waals surface area contributed by atoms with Crippen LogP contribution in [0.15, 0.2) is 182 Å². The smallest absolute Gasteiger partial charge is 0.258 e. The van der Waals surface area contributed by atoms with Gasteiger partial charge in [0.1, 0.15) is 23.0 Å². The second-order valence-electron chi connectivity index (χ2n) is 19.7. The van der Waals surface area contributed by atoms with E-state index in [1.54, 1.807) is 0 Å². The molecule has 0 fully saturated rings. The first-order valence-electron chi connectivity index (χ1n) is 25.2. The monoisotopic (exact) mass is 966 g/mol. The highest BCUT2D eigenvalue weighted by molar-refractivity contribution is 6.24. The van der Waals surface area contributed by atoms with E-state index in [4.69, 9.17) is 9.47 Å². The first-order chi connectivity index (χ1) is 36.3. The van der Waals surface area contributed by atoms with Gasteiger partial charge < -0.3 is 30.3 Å². The number of phenols is 2. The second kappa shape index (κ2) is 18.5. The largest absolute Gasteiger partial charge is 0.507 e. The average molecular weight is 967 g/mol.